The Morgan fingerprint density at radius 2 is 1.92 bits per heavy atom. The molecular weight excluding hydrogens is 168 g/mol. The summed E-state index contributed by atoms with van der Waals surface area (Å²) in [6.07, 6.45) is 0.979. The lowest BCUT2D eigenvalue weighted by atomic mass is 10.0. The fraction of sp³-hybridized carbons (Fsp3) is 0.273. The van der Waals surface area contributed by atoms with E-state index in [0.717, 1.165) is 6.42 Å². The van der Waals surface area contributed by atoms with Crippen molar-refractivity contribution in [2.45, 2.75) is 20.3 Å². The number of halogens is 1. The highest BCUT2D eigenvalue weighted by Crippen LogP contribution is 2.18. The van der Waals surface area contributed by atoms with E-state index in [1.165, 1.54) is 16.7 Å². The summed E-state index contributed by atoms with van der Waals surface area (Å²) in [6.45, 7) is 4.19. The summed E-state index contributed by atoms with van der Waals surface area (Å²) in [6, 6.07) is 8.41. The maximum atomic E-state index is 5.68. The quantitative estimate of drug-likeness (QED) is 0.646. The first-order valence-electron chi connectivity index (χ1n) is 4.14. The Balaban J connectivity index is 2.96. The van der Waals surface area contributed by atoms with E-state index in [4.69, 9.17) is 11.6 Å². The lowest BCUT2D eigenvalue weighted by Crippen LogP contribution is -1.81. The molecule has 0 saturated heterocycles. The number of hydrogen-bond acceptors (Lipinski definition) is 0. The van der Waals surface area contributed by atoms with Gasteiger partial charge in [0.25, 0.3) is 0 Å². The van der Waals surface area contributed by atoms with E-state index in [9.17, 15) is 0 Å². The molecule has 1 aromatic rings. The van der Waals surface area contributed by atoms with Crippen LogP contribution in [0, 0.1) is 6.92 Å². The number of rotatable bonds is 2. The van der Waals surface area contributed by atoms with Crippen LogP contribution < -0.4 is 0 Å². The van der Waals surface area contributed by atoms with Gasteiger partial charge in [0.05, 0.1) is 0 Å². The van der Waals surface area contributed by atoms with Crippen LogP contribution in [0.2, 0.25) is 0 Å². The fourth-order valence-corrected chi connectivity index (χ4v) is 1.39. The first-order chi connectivity index (χ1) is 5.77. The average molecular weight is 181 g/mol. The van der Waals surface area contributed by atoms with Gasteiger partial charge in [0.1, 0.15) is 0 Å². The van der Waals surface area contributed by atoms with Crippen molar-refractivity contribution < 1.29 is 0 Å². The van der Waals surface area contributed by atoms with Crippen molar-refractivity contribution in [2.24, 2.45) is 0 Å². The van der Waals surface area contributed by atoms with Crippen molar-refractivity contribution in [3.63, 3.8) is 0 Å². The number of benzene rings is 1. The summed E-state index contributed by atoms with van der Waals surface area (Å²) in [5.41, 5.74) is 5.35. The summed E-state index contributed by atoms with van der Waals surface area (Å²) >= 11 is 5.68. The van der Waals surface area contributed by atoms with Crippen molar-refractivity contribution in [1.82, 2.24) is 0 Å². The second-order valence-corrected chi connectivity index (χ2v) is 3.07. The summed E-state index contributed by atoms with van der Waals surface area (Å²) < 4.78 is 0. The smallest absolute Gasteiger partial charge is 0.00804 e. The molecule has 0 N–H and O–H groups in total. The Bertz CT molecular complexity index is 270. The molecule has 0 nitrogen and oxygen atoms in total. The van der Waals surface area contributed by atoms with Gasteiger partial charge in [-0.05, 0) is 24.5 Å². The summed E-state index contributed by atoms with van der Waals surface area (Å²) in [5, 5.41) is 0. The van der Waals surface area contributed by atoms with Gasteiger partial charge >= 0.3 is 0 Å². The van der Waals surface area contributed by atoms with Crippen LogP contribution in [0.5, 0.6) is 0 Å². The third-order valence-corrected chi connectivity index (χ3v) is 2.20. The molecule has 0 fully saturated rings. The van der Waals surface area contributed by atoms with E-state index < -0.39 is 0 Å². The Labute approximate surface area is 78.9 Å². The molecule has 12 heavy (non-hydrogen) atoms. The topological polar surface area (TPSA) is 0 Å². The standard InChI is InChI=1S/C11H13Cl/c1-3-10(8-12)11-6-4-9(2)5-7-11/h4-8H,3H2,1-2H3/b10-8-. The number of allylic oxidation sites excluding steroid dienone is 1. The van der Waals surface area contributed by atoms with E-state index in [1.54, 1.807) is 5.54 Å². The zero-order valence-electron chi connectivity index (χ0n) is 7.47. The fourth-order valence-electron chi connectivity index (χ4n) is 1.11. The molecule has 0 radical (unpaired) electrons. The molecule has 0 heterocycles. The van der Waals surface area contributed by atoms with Gasteiger partial charge < -0.3 is 0 Å². The third-order valence-electron chi connectivity index (χ3n) is 1.93. The number of aryl methyl sites for hydroxylation is 1. The molecule has 0 atom stereocenters. The highest BCUT2D eigenvalue weighted by atomic mass is 35.5. The van der Waals surface area contributed by atoms with E-state index in [2.05, 4.69) is 38.1 Å². The molecule has 0 spiro atoms. The molecule has 1 heteroatoms. The second kappa shape index (κ2) is 4.32. The molecule has 0 aliphatic heterocycles. The van der Waals surface area contributed by atoms with Gasteiger partial charge in [0, 0.05) is 5.54 Å². The highest BCUT2D eigenvalue weighted by Gasteiger charge is 1.96. The molecular formula is C11H13Cl. The van der Waals surface area contributed by atoms with Crippen molar-refractivity contribution >= 4 is 17.2 Å². The predicted octanol–water partition coefficient (Wildman–Crippen LogP) is 3.98. The van der Waals surface area contributed by atoms with Crippen LogP contribution in [-0.4, -0.2) is 0 Å². The molecule has 0 amide bonds. The van der Waals surface area contributed by atoms with Crippen LogP contribution in [0.25, 0.3) is 5.57 Å². The molecule has 0 aliphatic rings. The SMILES string of the molecule is CC/C(=C/Cl)c1ccc(C)cc1. The summed E-state index contributed by atoms with van der Waals surface area (Å²) in [7, 11) is 0. The minimum atomic E-state index is 0.979. The molecule has 0 saturated carbocycles. The van der Waals surface area contributed by atoms with Crippen molar-refractivity contribution in [1.29, 1.82) is 0 Å². The highest BCUT2D eigenvalue weighted by molar-refractivity contribution is 6.28. The van der Waals surface area contributed by atoms with Gasteiger partial charge in [-0.15, -0.1) is 0 Å². The first-order valence-corrected chi connectivity index (χ1v) is 4.58. The van der Waals surface area contributed by atoms with E-state index in [1.807, 2.05) is 0 Å². The van der Waals surface area contributed by atoms with Gasteiger partial charge in [-0.25, -0.2) is 0 Å². The van der Waals surface area contributed by atoms with Crippen LogP contribution >= 0.6 is 11.6 Å². The van der Waals surface area contributed by atoms with Crippen molar-refractivity contribution in [3.05, 3.63) is 40.9 Å². The molecule has 0 bridgehead atoms. The van der Waals surface area contributed by atoms with E-state index >= 15 is 0 Å². The Morgan fingerprint density at radius 1 is 1.33 bits per heavy atom. The second-order valence-electron chi connectivity index (χ2n) is 2.85. The van der Waals surface area contributed by atoms with Gasteiger partial charge in [0.2, 0.25) is 0 Å². The Morgan fingerprint density at radius 3 is 2.33 bits per heavy atom. The molecule has 1 aromatic carbocycles. The zero-order valence-corrected chi connectivity index (χ0v) is 8.23. The molecule has 1 rings (SSSR count). The normalized spacial score (nSPS) is 11.8. The molecule has 64 valence electrons. The molecule has 0 aromatic heterocycles. The van der Waals surface area contributed by atoms with Gasteiger partial charge in [-0.3, -0.25) is 0 Å². The zero-order chi connectivity index (χ0) is 8.97. The van der Waals surface area contributed by atoms with Gasteiger partial charge in [0.15, 0.2) is 0 Å². The Kier molecular flexibility index (Phi) is 3.36. The average Bonchev–Trinajstić information content (AvgIpc) is 2.10. The predicted molar refractivity (Wildman–Crippen MR) is 55.3 cm³/mol. The van der Waals surface area contributed by atoms with E-state index in [0.29, 0.717) is 0 Å². The first kappa shape index (κ1) is 9.34. The van der Waals surface area contributed by atoms with Crippen molar-refractivity contribution in [2.75, 3.05) is 0 Å². The summed E-state index contributed by atoms with van der Waals surface area (Å²) in [5.74, 6) is 0. The molecule has 0 aliphatic carbocycles. The van der Waals surface area contributed by atoms with Crippen LogP contribution in [-0.2, 0) is 0 Å². The summed E-state index contributed by atoms with van der Waals surface area (Å²) in [4.78, 5) is 0. The monoisotopic (exact) mass is 180 g/mol. The van der Waals surface area contributed by atoms with Crippen LogP contribution in [0.15, 0.2) is 29.8 Å². The van der Waals surface area contributed by atoms with Crippen molar-refractivity contribution in [3.8, 4) is 0 Å². The largest absolute Gasteiger partial charge is 0.0926 e. The van der Waals surface area contributed by atoms with Crippen LogP contribution in [0.4, 0.5) is 0 Å². The number of hydrogen-bond donors (Lipinski definition) is 0. The van der Waals surface area contributed by atoms with Crippen LogP contribution in [0.3, 0.4) is 0 Å². The third kappa shape index (κ3) is 2.12. The maximum absolute atomic E-state index is 5.68. The lowest BCUT2D eigenvalue weighted by molar-refractivity contribution is 1.24. The molecule has 0 unspecified atom stereocenters. The Hall–Kier alpha value is -0.750. The minimum absolute atomic E-state index is 0.979. The van der Waals surface area contributed by atoms with Gasteiger partial charge in [-0.2, -0.15) is 0 Å². The lowest BCUT2D eigenvalue weighted by Gasteiger charge is -2.02. The maximum Gasteiger partial charge on any atom is 0.00804 e. The van der Waals surface area contributed by atoms with Crippen LogP contribution in [0.1, 0.15) is 24.5 Å². The minimum Gasteiger partial charge on any atom is -0.0926 e. The van der Waals surface area contributed by atoms with E-state index in [-0.39, 0.29) is 0 Å². The van der Waals surface area contributed by atoms with Gasteiger partial charge in [-0.1, -0.05) is 48.4 Å².